The number of fused-ring (bicyclic) bond motifs is 5. The smallest absolute Gasteiger partial charge is 0.311 e. The fourth-order valence-corrected chi connectivity index (χ4v) is 10.9. The molecule has 0 amide bonds. The number of carbonyl (C=O) groups is 1. The van der Waals surface area contributed by atoms with Gasteiger partial charge >= 0.3 is 5.97 Å². The van der Waals surface area contributed by atoms with Crippen LogP contribution in [0.25, 0.3) is 0 Å². The predicted octanol–water partition coefficient (Wildman–Crippen LogP) is 6.57. The van der Waals surface area contributed by atoms with Crippen LogP contribution in [-0.2, 0) is 19.0 Å². The van der Waals surface area contributed by atoms with E-state index in [1.165, 1.54) is 52.1 Å². The van der Waals surface area contributed by atoms with Gasteiger partial charge in [-0.25, -0.2) is 0 Å². The molecule has 0 spiro atoms. The van der Waals surface area contributed by atoms with Crippen molar-refractivity contribution in [2.75, 3.05) is 27.6 Å². The Labute approximate surface area is 226 Å². The third-order valence-electron chi connectivity index (χ3n) is 12.8. The van der Waals surface area contributed by atoms with Crippen LogP contribution in [0.15, 0.2) is 0 Å². The van der Waals surface area contributed by atoms with E-state index in [1.807, 2.05) is 0 Å². The van der Waals surface area contributed by atoms with E-state index < -0.39 is 5.92 Å². The van der Waals surface area contributed by atoms with Crippen molar-refractivity contribution in [1.29, 1.82) is 0 Å². The van der Waals surface area contributed by atoms with E-state index in [0.717, 1.165) is 11.8 Å². The molecular formula is C32H56O5. The highest BCUT2D eigenvalue weighted by atomic mass is 16.7. The zero-order chi connectivity index (χ0) is 27.1. The Balaban J connectivity index is 1.69. The van der Waals surface area contributed by atoms with Gasteiger partial charge in [0.2, 0.25) is 0 Å². The lowest BCUT2D eigenvalue weighted by Gasteiger charge is -2.67. The van der Waals surface area contributed by atoms with E-state index in [1.54, 1.807) is 7.11 Å². The summed E-state index contributed by atoms with van der Waals surface area (Å²) < 4.78 is 17.3. The zero-order valence-corrected chi connectivity index (χ0v) is 25.0. The molecule has 0 aromatic rings. The van der Waals surface area contributed by atoms with Crippen LogP contribution in [-0.4, -0.2) is 44.8 Å². The van der Waals surface area contributed by atoms with Gasteiger partial charge in [-0.2, -0.15) is 0 Å². The van der Waals surface area contributed by atoms with Crippen molar-refractivity contribution in [3.05, 3.63) is 0 Å². The second kappa shape index (κ2) is 11.5. The molecule has 0 aromatic heterocycles. The van der Waals surface area contributed by atoms with Gasteiger partial charge in [0.25, 0.3) is 0 Å². The monoisotopic (exact) mass is 520 g/mol. The van der Waals surface area contributed by atoms with Crippen LogP contribution < -0.4 is 0 Å². The number of hydrogen-bond acceptors (Lipinski definition) is 5. The summed E-state index contributed by atoms with van der Waals surface area (Å²) in [5, 5.41) is 9.92. The zero-order valence-electron chi connectivity index (χ0n) is 25.0. The van der Waals surface area contributed by atoms with Gasteiger partial charge in [0.05, 0.1) is 25.7 Å². The SMILES string of the molecule is CC[C@H]1C(OCOC)C2C3CC[C@H]([C@H](C)CC(CO)C(=O)OC)[C@@]3(C)[C@@H](C)CC2[C@@]2(C)CC[C@@H](C)C[C@@H]12. The molecule has 0 saturated heterocycles. The molecule has 5 heteroatoms. The number of ether oxygens (including phenoxy) is 3. The van der Waals surface area contributed by atoms with Crippen molar-refractivity contribution in [3.8, 4) is 0 Å². The largest absolute Gasteiger partial charge is 0.469 e. The summed E-state index contributed by atoms with van der Waals surface area (Å²) in [7, 11) is 3.19. The maximum Gasteiger partial charge on any atom is 0.311 e. The summed E-state index contributed by atoms with van der Waals surface area (Å²) in [6, 6.07) is 0. The highest BCUT2D eigenvalue weighted by Crippen LogP contribution is 2.71. The first-order valence-corrected chi connectivity index (χ1v) is 15.4. The molecule has 4 rings (SSSR count). The predicted molar refractivity (Wildman–Crippen MR) is 147 cm³/mol. The van der Waals surface area contributed by atoms with Crippen molar-refractivity contribution < 1.29 is 24.1 Å². The van der Waals surface area contributed by atoms with Crippen LogP contribution in [0.2, 0.25) is 0 Å². The lowest BCUT2D eigenvalue weighted by Crippen LogP contribution is -2.63. The minimum atomic E-state index is -0.421. The number of esters is 1. The molecule has 214 valence electrons. The summed E-state index contributed by atoms with van der Waals surface area (Å²) >= 11 is 0. The van der Waals surface area contributed by atoms with E-state index in [2.05, 4.69) is 41.5 Å². The van der Waals surface area contributed by atoms with Gasteiger partial charge in [-0.05, 0) is 103 Å². The van der Waals surface area contributed by atoms with Gasteiger partial charge in [-0.15, -0.1) is 0 Å². The molecule has 0 aliphatic heterocycles. The average molecular weight is 521 g/mol. The molecule has 0 aromatic carbocycles. The summed E-state index contributed by atoms with van der Waals surface area (Å²) in [5.74, 6) is 4.91. The fourth-order valence-electron chi connectivity index (χ4n) is 10.9. The normalized spacial score (nSPS) is 46.9. The van der Waals surface area contributed by atoms with Crippen LogP contribution in [0.3, 0.4) is 0 Å². The molecule has 4 fully saturated rings. The van der Waals surface area contributed by atoms with Gasteiger partial charge in [-0.3, -0.25) is 4.79 Å². The fraction of sp³-hybridized carbons (Fsp3) is 0.969. The number of carbonyl (C=O) groups excluding carboxylic acids is 1. The van der Waals surface area contributed by atoms with Crippen molar-refractivity contribution in [3.63, 3.8) is 0 Å². The maximum atomic E-state index is 12.3. The number of hydrogen-bond donors (Lipinski definition) is 1. The minimum Gasteiger partial charge on any atom is -0.469 e. The van der Waals surface area contributed by atoms with Crippen molar-refractivity contribution in [2.24, 2.45) is 70.0 Å². The van der Waals surface area contributed by atoms with Crippen LogP contribution in [0.5, 0.6) is 0 Å². The Morgan fingerprint density at radius 1 is 1.05 bits per heavy atom. The molecular weight excluding hydrogens is 464 g/mol. The molecule has 0 heterocycles. The van der Waals surface area contributed by atoms with Crippen molar-refractivity contribution in [2.45, 2.75) is 99.0 Å². The van der Waals surface area contributed by atoms with Gasteiger partial charge in [0.1, 0.15) is 6.79 Å². The molecule has 0 radical (unpaired) electrons. The summed E-state index contributed by atoms with van der Waals surface area (Å²) in [5.41, 5.74) is 0.617. The Kier molecular flexibility index (Phi) is 9.08. The lowest BCUT2D eigenvalue weighted by atomic mass is 9.39. The first-order chi connectivity index (χ1) is 17.6. The Morgan fingerprint density at radius 2 is 1.78 bits per heavy atom. The average Bonchev–Trinajstić information content (AvgIpc) is 3.25. The molecule has 37 heavy (non-hydrogen) atoms. The summed E-state index contributed by atoms with van der Waals surface area (Å²) in [4.78, 5) is 12.3. The number of aliphatic hydroxyl groups excluding tert-OH is 1. The van der Waals surface area contributed by atoms with Crippen molar-refractivity contribution >= 4 is 5.97 Å². The van der Waals surface area contributed by atoms with Crippen LogP contribution in [0, 0.1) is 70.0 Å². The second-order valence-electron chi connectivity index (χ2n) is 14.2. The maximum absolute atomic E-state index is 12.3. The first-order valence-electron chi connectivity index (χ1n) is 15.4. The van der Waals surface area contributed by atoms with Gasteiger partial charge in [-0.1, -0.05) is 54.4 Å². The quantitative estimate of drug-likeness (QED) is 0.275. The molecule has 0 bridgehead atoms. The van der Waals surface area contributed by atoms with Gasteiger partial charge < -0.3 is 19.3 Å². The van der Waals surface area contributed by atoms with E-state index in [4.69, 9.17) is 14.2 Å². The standard InChI is InChI=1S/C32H56O5/c1-9-23-26-14-19(2)12-13-31(26,5)27-16-21(4)32(6)24(20(3)15-22(17-33)30(34)36-8)10-11-25(32)28(27)29(23)37-18-35-7/h19-29,33H,9-18H2,1-8H3/t19-,20-,21+,22?,23-,24-,25?,26+,27?,28?,29?,31+,32-/m1/s1. The van der Waals surface area contributed by atoms with E-state index in [9.17, 15) is 9.90 Å². The number of rotatable bonds is 9. The van der Waals surface area contributed by atoms with E-state index in [-0.39, 0.29) is 24.1 Å². The summed E-state index contributed by atoms with van der Waals surface area (Å²) in [6.07, 6.45) is 9.96. The molecule has 4 aliphatic carbocycles. The number of aliphatic hydroxyl groups is 1. The van der Waals surface area contributed by atoms with Crippen LogP contribution in [0.1, 0.15) is 92.9 Å². The Bertz CT molecular complexity index is 785. The third-order valence-corrected chi connectivity index (χ3v) is 12.8. The number of methoxy groups -OCH3 is 2. The lowest BCUT2D eigenvalue weighted by molar-refractivity contribution is -0.240. The molecule has 4 saturated carbocycles. The molecule has 4 aliphatic rings. The highest BCUT2D eigenvalue weighted by molar-refractivity contribution is 5.72. The Morgan fingerprint density at radius 3 is 2.41 bits per heavy atom. The Hall–Kier alpha value is -0.650. The van der Waals surface area contributed by atoms with Crippen molar-refractivity contribution in [1.82, 2.24) is 0 Å². The van der Waals surface area contributed by atoms with E-state index in [0.29, 0.717) is 60.1 Å². The molecule has 5 unspecified atom stereocenters. The second-order valence-corrected chi connectivity index (χ2v) is 14.2. The van der Waals surface area contributed by atoms with Crippen LogP contribution >= 0.6 is 0 Å². The summed E-state index contributed by atoms with van der Waals surface area (Å²) in [6.45, 7) is 15.2. The highest BCUT2D eigenvalue weighted by Gasteiger charge is 2.67. The van der Waals surface area contributed by atoms with E-state index >= 15 is 0 Å². The molecule has 13 atom stereocenters. The molecule has 5 nitrogen and oxygen atoms in total. The first kappa shape index (κ1) is 29.3. The van der Waals surface area contributed by atoms with Gasteiger partial charge in [0.15, 0.2) is 0 Å². The molecule has 1 N–H and O–H groups in total. The third kappa shape index (κ3) is 4.82. The topological polar surface area (TPSA) is 65.0 Å². The van der Waals surface area contributed by atoms with Crippen LogP contribution in [0.4, 0.5) is 0 Å². The van der Waals surface area contributed by atoms with Gasteiger partial charge in [0, 0.05) is 7.11 Å². The minimum absolute atomic E-state index is 0.132.